The van der Waals surface area contributed by atoms with Gasteiger partial charge in [0.25, 0.3) is 0 Å². The summed E-state index contributed by atoms with van der Waals surface area (Å²) in [5, 5.41) is 0. The lowest BCUT2D eigenvalue weighted by molar-refractivity contribution is -0.124. The van der Waals surface area contributed by atoms with Crippen molar-refractivity contribution in [3.63, 3.8) is 0 Å². The number of ether oxygens (including phenoxy) is 1. The van der Waals surface area contributed by atoms with Crippen molar-refractivity contribution in [3.05, 3.63) is 0 Å². The zero-order chi connectivity index (χ0) is 11.5. The zero-order valence-electron chi connectivity index (χ0n) is 10.4. The zero-order valence-corrected chi connectivity index (χ0v) is 10.4. The molecule has 2 aliphatic rings. The molecule has 1 aliphatic heterocycles. The predicted octanol–water partition coefficient (Wildman–Crippen LogP) is 1.71. The molecule has 1 saturated heterocycles. The van der Waals surface area contributed by atoms with Gasteiger partial charge >= 0.3 is 0 Å². The van der Waals surface area contributed by atoms with E-state index in [1.807, 2.05) is 0 Å². The summed E-state index contributed by atoms with van der Waals surface area (Å²) < 4.78 is 5.27. The van der Waals surface area contributed by atoms with Crippen LogP contribution in [0.4, 0.5) is 0 Å². The summed E-state index contributed by atoms with van der Waals surface area (Å²) in [7, 11) is 0. The standard InChI is InChI=1S/C13H23NO2/c1-10(2)14(7-11-3-4-11)8-13(15)12-5-6-16-9-12/h10-12H,3-9H2,1-2H3. The minimum absolute atomic E-state index is 0.167. The van der Waals surface area contributed by atoms with Crippen LogP contribution in [0.5, 0.6) is 0 Å². The minimum Gasteiger partial charge on any atom is -0.381 e. The van der Waals surface area contributed by atoms with Crippen LogP contribution in [0, 0.1) is 11.8 Å². The molecule has 3 nitrogen and oxygen atoms in total. The summed E-state index contributed by atoms with van der Waals surface area (Å²) in [6.07, 6.45) is 3.63. The molecule has 0 aromatic heterocycles. The fraction of sp³-hybridized carbons (Fsp3) is 0.923. The second kappa shape index (κ2) is 5.28. The highest BCUT2D eigenvalue weighted by atomic mass is 16.5. The van der Waals surface area contributed by atoms with Crippen LogP contribution >= 0.6 is 0 Å². The van der Waals surface area contributed by atoms with Crippen LogP contribution in [0.25, 0.3) is 0 Å². The van der Waals surface area contributed by atoms with Crippen LogP contribution < -0.4 is 0 Å². The molecule has 3 heteroatoms. The average molecular weight is 225 g/mol. The van der Waals surface area contributed by atoms with E-state index in [1.165, 1.54) is 12.8 Å². The lowest BCUT2D eigenvalue weighted by atomic mass is 10.0. The second-order valence-electron chi connectivity index (χ2n) is 5.49. The van der Waals surface area contributed by atoms with Crippen molar-refractivity contribution in [2.75, 3.05) is 26.3 Å². The topological polar surface area (TPSA) is 29.5 Å². The fourth-order valence-corrected chi connectivity index (χ4v) is 2.21. The van der Waals surface area contributed by atoms with Crippen LogP contribution in [0.1, 0.15) is 33.1 Å². The molecule has 1 saturated carbocycles. The molecule has 1 atom stereocenters. The summed E-state index contributed by atoms with van der Waals surface area (Å²) in [6.45, 7) is 7.51. The van der Waals surface area contributed by atoms with E-state index in [1.54, 1.807) is 0 Å². The van der Waals surface area contributed by atoms with Gasteiger partial charge in [-0.2, -0.15) is 0 Å². The van der Waals surface area contributed by atoms with Gasteiger partial charge in [-0.15, -0.1) is 0 Å². The number of ketones is 1. The summed E-state index contributed by atoms with van der Waals surface area (Å²) in [4.78, 5) is 14.4. The molecular formula is C13H23NO2. The number of nitrogens with zero attached hydrogens (tertiary/aromatic N) is 1. The van der Waals surface area contributed by atoms with Crippen molar-refractivity contribution in [2.24, 2.45) is 11.8 Å². The van der Waals surface area contributed by atoms with E-state index >= 15 is 0 Å². The first-order valence-electron chi connectivity index (χ1n) is 6.51. The Balaban J connectivity index is 1.80. The van der Waals surface area contributed by atoms with Crippen LogP contribution in [0.15, 0.2) is 0 Å². The second-order valence-corrected chi connectivity index (χ2v) is 5.49. The molecule has 0 spiro atoms. The van der Waals surface area contributed by atoms with E-state index < -0.39 is 0 Å². The Hall–Kier alpha value is -0.410. The maximum atomic E-state index is 12.0. The molecule has 0 bridgehead atoms. The third-order valence-corrected chi connectivity index (χ3v) is 3.66. The molecule has 0 aromatic rings. The van der Waals surface area contributed by atoms with Crippen molar-refractivity contribution in [2.45, 2.75) is 39.2 Å². The molecule has 0 radical (unpaired) electrons. The highest BCUT2D eigenvalue weighted by molar-refractivity contribution is 5.83. The number of hydrogen-bond donors (Lipinski definition) is 0. The van der Waals surface area contributed by atoms with Crippen LogP contribution in [0.2, 0.25) is 0 Å². The Morgan fingerprint density at radius 1 is 1.38 bits per heavy atom. The third kappa shape index (κ3) is 3.29. The monoisotopic (exact) mass is 225 g/mol. The average Bonchev–Trinajstić information content (AvgIpc) is 2.89. The van der Waals surface area contributed by atoms with Gasteiger partial charge in [0.15, 0.2) is 5.78 Å². The minimum atomic E-state index is 0.167. The molecule has 0 amide bonds. The lowest BCUT2D eigenvalue weighted by Gasteiger charge is -2.26. The summed E-state index contributed by atoms with van der Waals surface area (Å²) in [6, 6.07) is 0.479. The molecule has 0 aromatic carbocycles. The number of carbonyl (C=O) groups is 1. The van der Waals surface area contributed by atoms with Crippen LogP contribution in [-0.4, -0.2) is 43.0 Å². The van der Waals surface area contributed by atoms with Gasteiger partial charge in [0.1, 0.15) is 0 Å². The fourth-order valence-electron chi connectivity index (χ4n) is 2.21. The van der Waals surface area contributed by atoms with Crippen molar-refractivity contribution in [1.29, 1.82) is 0 Å². The lowest BCUT2D eigenvalue weighted by Crippen LogP contribution is -2.39. The van der Waals surface area contributed by atoms with Gasteiger partial charge in [-0.25, -0.2) is 0 Å². The number of carbonyl (C=O) groups excluding carboxylic acids is 1. The third-order valence-electron chi connectivity index (χ3n) is 3.66. The van der Waals surface area contributed by atoms with E-state index in [0.29, 0.717) is 25.0 Å². The molecule has 1 unspecified atom stereocenters. The Labute approximate surface area is 98.1 Å². The number of Topliss-reactive ketones (excluding diaryl/α,β-unsaturated/α-hetero) is 1. The quantitative estimate of drug-likeness (QED) is 0.689. The van der Waals surface area contributed by atoms with Gasteiger partial charge < -0.3 is 4.74 Å². The number of hydrogen-bond acceptors (Lipinski definition) is 3. The van der Waals surface area contributed by atoms with Gasteiger partial charge in [-0.3, -0.25) is 9.69 Å². The van der Waals surface area contributed by atoms with Gasteiger partial charge in [0.2, 0.25) is 0 Å². The van der Waals surface area contributed by atoms with Gasteiger partial charge in [-0.05, 0) is 39.0 Å². The maximum absolute atomic E-state index is 12.0. The molecule has 2 rings (SSSR count). The highest BCUT2D eigenvalue weighted by Gasteiger charge is 2.29. The molecule has 2 fully saturated rings. The van der Waals surface area contributed by atoms with Crippen molar-refractivity contribution in [3.8, 4) is 0 Å². The summed E-state index contributed by atoms with van der Waals surface area (Å²) in [5.41, 5.74) is 0. The van der Waals surface area contributed by atoms with Crippen LogP contribution in [0.3, 0.4) is 0 Å². The summed E-state index contributed by atoms with van der Waals surface area (Å²) in [5.74, 6) is 1.40. The van der Waals surface area contributed by atoms with Gasteiger partial charge in [-0.1, -0.05) is 0 Å². The molecule has 16 heavy (non-hydrogen) atoms. The van der Waals surface area contributed by atoms with E-state index in [-0.39, 0.29) is 5.92 Å². The van der Waals surface area contributed by atoms with E-state index in [9.17, 15) is 4.79 Å². The molecule has 1 aliphatic carbocycles. The Bertz CT molecular complexity index is 242. The summed E-state index contributed by atoms with van der Waals surface area (Å²) >= 11 is 0. The predicted molar refractivity (Wildman–Crippen MR) is 63.4 cm³/mol. The van der Waals surface area contributed by atoms with Crippen molar-refractivity contribution in [1.82, 2.24) is 4.90 Å². The molecular weight excluding hydrogens is 202 g/mol. The molecule has 0 N–H and O–H groups in total. The van der Waals surface area contributed by atoms with Crippen molar-refractivity contribution >= 4 is 5.78 Å². The Morgan fingerprint density at radius 2 is 2.12 bits per heavy atom. The van der Waals surface area contributed by atoms with E-state index in [4.69, 9.17) is 4.74 Å². The van der Waals surface area contributed by atoms with Gasteiger partial charge in [0.05, 0.1) is 13.2 Å². The highest BCUT2D eigenvalue weighted by Crippen LogP contribution is 2.30. The first-order chi connectivity index (χ1) is 7.66. The smallest absolute Gasteiger partial charge is 0.152 e. The molecule has 1 heterocycles. The maximum Gasteiger partial charge on any atom is 0.152 e. The van der Waals surface area contributed by atoms with E-state index in [0.717, 1.165) is 25.5 Å². The van der Waals surface area contributed by atoms with Crippen molar-refractivity contribution < 1.29 is 9.53 Å². The Morgan fingerprint density at radius 3 is 2.62 bits per heavy atom. The normalized spacial score (nSPS) is 25.6. The first kappa shape index (κ1) is 12.1. The number of rotatable bonds is 6. The first-order valence-corrected chi connectivity index (χ1v) is 6.51. The van der Waals surface area contributed by atoms with Gasteiger partial charge in [0, 0.05) is 25.1 Å². The Kier molecular flexibility index (Phi) is 3.98. The van der Waals surface area contributed by atoms with Crippen LogP contribution in [-0.2, 0) is 9.53 Å². The SMILES string of the molecule is CC(C)N(CC(=O)C1CCOC1)CC1CC1. The largest absolute Gasteiger partial charge is 0.381 e. The molecule has 92 valence electrons. The van der Waals surface area contributed by atoms with E-state index in [2.05, 4.69) is 18.7 Å².